The molecule has 0 aromatic carbocycles. The first-order valence-electron chi connectivity index (χ1n) is 5.22. The van der Waals surface area contributed by atoms with Gasteiger partial charge in [0.15, 0.2) is 0 Å². The summed E-state index contributed by atoms with van der Waals surface area (Å²) >= 11 is 5.97. The first kappa shape index (κ1) is 11.1. The number of aryl methyl sites for hydroxylation is 2. The molecule has 0 atom stereocenters. The molecule has 0 N–H and O–H groups in total. The average Bonchev–Trinajstić information content (AvgIpc) is 2.64. The van der Waals surface area contributed by atoms with Gasteiger partial charge in [0.2, 0.25) is 0 Å². The topological polar surface area (TPSA) is 43.6 Å². The molecular weight excluding hydrogens is 224 g/mol. The van der Waals surface area contributed by atoms with Gasteiger partial charge in [0.25, 0.3) is 0 Å². The predicted molar refractivity (Wildman–Crippen MR) is 63.2 cm³/mol. The van der Waals surface area contributed by atoms with Crippen LogP contribution in [-0.2, 0) is 13.5 Å². The molecule has 0 unspecified atom stereocenters. The van der Waals surface area contributed by atoms with E-state index in [1.54, 1.807) is 16.9 Å². The van der Waals surface area contributed by atoms with Crippen molar-refractivity contribution >= 4 is 11.6 Å². The van der Waals surface area contributed by atoms with Gasteiger partial charge in [0.05, 0.1) is 11.4 Å². The summed E-state index contributed by atoms with van der Waals surface area (Å²) < 4.78 is 1.77. The van der Waals surface area contributed by atoms with Gasteiger partial charge in [0.1, 0.15) is 11.0 Å². The van der Waals surface area contributed by atoms with Crippen LogP contribution >= 0.6 is 11.6 Å². The second kappa shape index (κ2) is 4.61. The molecule has 2 aromatic rings. The summed E-state index contributed by atoms with van der Waals surface area (Å²) in [6.07, 6.45) is 3.58. The van der Waals surface area contributed by atoms with Crippen LogP contribution < -0.4 is 0 Å². The van der Waals surface area contributed by atoms with E-state index in [2.05, 4.69) is 22.0 Å². The van der Waals surface area contributed by atoms with Gasteiger partial charge >= 0.3 is 0 Å². The fourth-order valence-electron chi connectivity index (χ4n) is 1.56. The van der Waals surface area contributed by atoms with Gasteiger partial charge < -0.3 is 0 Å². The Morgan fingerprint density at radius 1 is 1.38 bits per heavy atom. The van der Waals surface area contributed by atoms with Crippen molar-refractivity contribution in [1.29, 1.82) is 0 Å². The third kappa shape index (κ3) is 2.22. The first-order valence-corrected chi connectivity index (χ1v) is 5.60. The van der Waals surface area contributed by atoms with Crippen molar-refractivity contribution in [2.75, 3.05) is 0 Å². The van der Waals surface area contributed by atoms with Gasteiger partial charge in [-0.15, -0.1) is 0 Å². The van der Waals surface area contributed by atoms with Crippen LogP contribution in [0.1, 0.15) is 19.2 Å². The van der Waals surface area contributed by atoms with E-state index in [0.717, 1.165) is 30.1 Å². The molecule has 5 heteroatoms. The van der Waals surface area contributed by atoms with Crippen molar-refractivity contribution in [1.82, 2.24) is 19.7 Å². The summed E-state index contributed by atoms with van der Waals surface area (Å²) in [5.41, 5.74) is 1.77. The Balaban J connectivity index is 2.45. The zero-order chi connectivity index (χ0) is 11.5. The molecule has 0 saturated heterocycles. The number of rotatable bonds is 3. The number of hydrogen-bond donors (Lipinski definition) is 0. The van der Waals surface area contributed by atoms with Crippen LogP contribution in [0.4, 0.5) is 0 Å². The fourth-order valence-corrected chi connectivity index (χ4v) is 1.76. The molecule has 0 amide bonds. The molecule has 0 spiro atoms. The molecule has 0 bridgehead atoms. The molecule has 0 saturated carbocycles. The van der Waals surface area contributed by atoms with Crippen molar-refractivity contribution in [3.8, 4) is 11.4 Å². The lowest BCUT2D eigenvalue weighted by Gasteiger charge is -2.04. The van der Waals surface area contributed by atoms with Crippen LogP contribution in [0, 0.1) is 0 Å². The smallest absolute Gasteiger partial charge is 0.133 e. The lowest BCUT2D eigenvalue weighted by molar-refractivity contribution is 0.768. The second-order valence-corrected chi connectivity index (χ2v) is 3.97. The Labute approximate surface area is 99.3 Å². The van der Waals surface area contributed by atoms with E-state index in [9.17, 15) is 0 Å². The van der Waals surface area contributed by atoms with Crippen molar-refractivity contribution in [2.45, 2.75) is 19.8 Å². The van der Waals surface area contributed by atoms with Crippen LogP contribution in [-0.4, -0.2) is 19.7 Å². The van der Waals surface area contributed by atoms with E-state index in [4.69, 9.17) is 11.6 Å². The number of nitrogens with zero attached hydrogens (tertiary/aromatic N) is 4. The molecule has 0 aliphatic carbocycles. The van der Waals surface area contributed by atoms with Gasteiger partial charge in [-0.1, -0.05) is 18.5 Å². The number of aromatic nitrogens is 4. The first-order chi connectivity index (χ1) is 7.70. The molecule has 0 radical (unpaired) electrons. The monoisotopic (exact) mass is 236 g/mol. The van der Waals surface area contributed by atoms with Crippen molar-refractivity contribution in [2.24, 2.45) is 7.05 Å². The van der Waals surface area contributed by atoms with E-state index >= 15 is 0 Å². The number of halogens is 1. The third-order valence-electron chi connectivity index (χ3n) is 2.30. The van der Waals surface area contributed by atoms with Crippen LogP contribution in [0.2, 0.25) is 5.15 Å². The molecule has 2 heterocycles. The fraction of sp³-hybridized carbons (Fsp3) is 0.364. The van der Waals surface area contributed by atoms with E-state index in [1.165, 1.54) is 0 Å². The van der Waals surface area contributed by atoms with Gasteiger partial charge in [-0.25, -0.2) is 9.97 Å². The highest BCUT2D eigenvalue weighted by Crippen LogP contribution is 2.19. The van der Waals surface area contributed by atoms with E-state index in [0.29, 0.717) is 5.15 Å². The SMILES string of the molecule is CCCc1nc(Cl)cc(-c2ccnn2C)n1. The molecular formula is C11H13ClN4. The Hall–Kier alpha value is -1.42. The second-order valence-electron chi connectivity index (χ2n) is 3.58. The van der Waals surface area contributed by atoms with Gasteiger partial charge in [0, 0.05) is 25.7 Å². The van der Waals surface area contributed by atoms with E-state index in [-0.39, 0.29) is 0 Å². The van der Waals surface area contributed by atoms with Crippen LogP contribution in [0.3, 0.4) is 0 Å². The lowest BCUT2D eigenvalue weighted by Crippen LogP contribution is -2.00. The Bertz CT molecular complexity index is 492. The van der Waals surface area contributed by atoms with Crippen molar-refractivity contribution in [3.63, 3.8) is 0 Å². The normalized spacial score (nSPS) is 10.7. The van der Waals surface area contributed by atoms with Crippen molar-refractivity contribution in [3.05, 3.63) is 29.3 Å². The van der Waals surface area contributed by atoms with E-state index < -0.39 is 0 Å². The molecule has 2 aromatic heterocycles. The highest BCUT2D eigenvalue weighted by molar-refractivity contribution is 6.29. The maximum Gasteiger partial charge on any atom is 0.133 e. The molecule has 4 nitrogen and oxygen atoms in total. The van der Waals surface area contributed by atoms with Crippen LogP contribution in [0.15, 0.2) is 18.3 Å². The third-order valence-corrected chi connectivity index (χ3v) is 2.49. The average molecular weight is 237 g/mol. The quantitative estimate of drug-likeness (QED) is 0.769. The van der Waals surface area contributed by atoms with E-state index in [1.807, 2.05) is 13.1 Å². The number of hydrogen-bond acceptors (Lipinski definition) is 3. The molecule has 2 rings (SSSR count). The maximum atomic E-state index is 5.97. The molecule has 0 fully saturated rings. The van der Waals surface area contributed by atoms with Crippen molar-refractivity contribution < 1.29 is 0 Å². The highest BCUT2D eigenvalue weighted by atomic mass is 35.5. The molecule has 0 aliphatic heterocycles. The predicted octanol–water partition coefficient (Wildman–Crippen LogP) is 2.48. The molecule has 16 heavy (non-hydrogen) atoms. The van der Waals surface area contributed by atoms with Crippen LogP contribution in [0.25, 0.3) is 11.4 Å². The minimum Gasteiger partial charge on any atom is -0.266 e. The summed E-state index contributed by atoms with van der Waals surface area (Å²) in [5.74, 6) is 0.784. The van der Waals surface area contributed by atoms with Gasteiger partial charge in [-0.05, 0) is 12.5 Å². The minimum atomic E-state index is 0.481. The summed E-state index contributed by atoms with van der Waals surface area (Å²) in [6, 6.07) is 3.67. The standard InChI is InChI=1S/C11H13ClN4/c1-3-4-11-14-8(7-10(12)15-11)9-5-6-13-16(9)2/h5-7H,3-4H2,1-2H3. The molecule has 0 aliphatic rings. The Morgan fingerprint density at radius 2 is 2.19 bits per heavy atom. The Morgan fingerprint density at radius 3 is 2.81 bits per heavy atom. The summed E-state index contributed by atoms with van der Waals surface area (Å²) in [6.45, 7) is 2.09. The van der Waals surface area contributed by atoms with Gasteiger partial charge in [-0.3, -0.25) is 4.68 Å². The Kier molecular flexibility index (Phi) is 3.19. The van der Waals surface area contributed by atoms with Gasteiger partial charge in [-0.2, -0.15) is 5.10 Å². The molecule has 84 valence electrons. The zero-order valence-electron chi connectivity index (χ0n) is 9.31. The minimum absolute atomic E-state index is 0.481. The maximum absolute atomic E-state index is 5.97. The largest absolute Gasteiger partial charge is 0.266 e. The van der Waals surface area contributed by atoms with Crippen LogP contribution in [0.5, 0.6) is 0 Å². The highest BCUT2D eigenvalue weighted by Gasteiger charge is 2.07. The summed E-state index contributed by atoms with van der Waals surface area (Å²) in [7, 11) is 1.88. The summed E-state index contributed by atoms with van der Waals surface area (Å²) in [5, 5.41) is 4.59. The summed E-state index contributed by atoms with van der Waals surface area (Å²) in [4.78, 5) is 8.66. The lowest BCUT2D eigenvalue weighted by atomic mass is 10.2. The zero-order valence-corrected chi connectivity index (χ0v) is 10.1.